The zero-order valence-electron chi connectivity index (χ0n) is 30.0. The highest BCUT2D eigenvalue weighted by atomic mass is 15.1. The van der Waals surface area contributed by atoms with E-state index < -0.39 is 0 Å². The van der Waals surface area contributed by atoms with Crippen LogP contribution in [-0.4, -0.2) is 28.2 Å². The summed E-state index contributed by atoms with van der Waals surface area (Å²) >= 11 is 0. The van der Waals surface area contributed by atoms with E-state index in [0.717, 1.165) is 67.0 Å². The first-order chi connectivity index (χ1) is 25.3. The molecule has 0 saturated heterocycles. The van der Waals surface area contributed by atoms with Gasteiger partial charge in [-0.1, -0.05) is 133 Å². The van der Waals surface area contributed by atoms with Crippen molar-refractivity contribution in [3.05, 3.63) is 202 Å². The minimum atomic E-state index is 0.614. The van der Waals surface area contributed by atoms with Crippen LogP contribution < -0.4 is 9.80 Å². The molecule has 0 fully saturated rings. The number of benzene rings is 6. The standard InChI is InChI=1S/C48H40N4/c1-51(2)45-27-23-41(24-28-45)48(42-25-29-46(30-26-42)52(3)4)47(39-19-15-35(16-20-39)31-43(33-49)37-11-7-5-8-12-37)40-21-17-36(18-22-40)32-44(34-50)38-13-9-6-10-14-38/h5-32H,1-4H3/b43-31+,44-32+. The molecule has 0 unspecified atom stereocenters. The van der Waals surface area contributed by atoms with Crippen LogP contribution in [0.1, 0.15) is 44.5 Å². The van der Waals surface area contributed by atoms with Gasteiger partial charge in [-0.25, -0.2) is 0 Å². The Morgan fingerprint density at radius 3 is 0.942 bits per heavy atom. The summed E-state index contributed by atoms with van der Waals surface area (Å²) in [5.74, 6) is 0. The summed E-state index contributed by atoms with van der Waals surface area (Å²) in [6, 6.07) is 58.5. The summed E-state index contributed by atoms with van der Waals surface area (Å²) in [5, 5.41) is 19.9. The van der Waals surface area contributed by atoms with Crippen molar-refractivity contribution >= 4 is 45.8 Å². The van der Waals surface area contributed by atoms with Crippen LogP contribution in [0.5, 0.6) is 0 Å². The predicted molar refractivity (Wildman–Crippen MR) is 219 cm³/mol. The highest BCUT2D eigenvalue weighted by Gasteiger charge is 2.17. The fourth-order valence-electron chi connectivity index (χ4n) is 6.18. The Morgan fingerprint density at radius 2 is 0.673 bits per heavy atom. The summed E-state index contributed by atoms with van der Waals surface area (Å²) in [7, 11) is 8.20. The van der Waals surface area contributed by atoms with Crippen LogP contribution >= 0.6 is 0 Å². The average Bonchev–Trinajstić information content (AvgIpc) is 3.19. The largest absolute Gasteiger partial charge is 0.378 e. The molecule has 0 aliphatic heterocycles. The molecule has 6 rings (SSSR count). The number of nitrogens with zero attached hydrogens (tertiary/aromatic N) is 4. The lowest BCUT2D eigenvalue weighted by Crippen LogP contribution is -2.09. The Kier molecular flexibility index (Phi) is 10.9. The van der Waals surface area contributed by atoms with Crippen molar-refractivity contribution in [2.75, 3.05) is 38.0 Å². The average molecular weight is 673 g/mol. The molecule has 0 bridgehead atoms. The van der Waals surface area contributed by atoms with Crippen LogP contribution in [-0.2, 0) is 0 Å². The van der Waals surface area contributed by atoms with Crippen LogP contribution in [0, 0.1) is 22.7 Å². The van der Waals surface area contributed by atoms with Gasteiger partial charge in [-0.3, -0.25) is 0 Å². The van der Waals surface area contributed by atoms with E-state index in [0.29, 0.717) is 11.1 Å². The quantitative estimate of drug-likeness (QED) is 0.107. The van der Waals surface area contributed by atoms with Crippen molar-refractivity contribution in [3.63, 3.8) is 0 Å². The zero-order valence-corrected chi connectivity index (χ0v) is 30.0. The molecule has 252 valence electrons. The number of anilines is 2. The number of hydrogen-bond donors (Lipinski definition) is 0. The van der Waals surface area contributed by atoms with E-state index in [1.807, 2.05) is 101 Å². The zero-order chi connectivity index (χ0) is 36.5. The van der Waals surface area contributed by atoms with Crippen molar-refractivity contribution in [2.24, 2.45) is 0 Å². The third-order valence-corrected chi connectivity index (χ3v) is 9.03. The predicted octanol–water partition coefficient (Wildman–Crippen LogP) is 11.0. The molecule has 0 aliphatic rings. The van der Waals surface area contributed by atoms with Crippen molar-refractivity contribution in [2.45, 2.75) is 0 Å². The van der Waals surface area contributed by atoms with Crippen LogP contribution in [0.15, 0.2) is 158 Å². The molecule has 0 heterocycles. The summed E-state index contributed by atoms with van der Waals surface area (Å²) in [6.07, 6.45) is 3.87. The molecule has 0 saturated carbocycles. The van der Waals surface area contributed by atoms with Gasteiger partial charge < -0.3 is 9.80 Å². The number of nitriles is 2. The molecule has 0 aliphatic carbocycles. The lowest BCUT2D eigenvalue weighted by Gasteiger charge is -2.20. The molecule has 0 amide bonds. The second kappa shape index (κ2) is 16.2. The summed E-state index contributed by atoms with van der Waals surface area (Å²) < 4.78 is 0. The highest BCUT2D eigenvalue weighted by Crippen LogP contribution is 2.38. The summed E-state index contributed by atoms with van der Waals surface area (Å²) in [4.78, 5) is 4.21. The first-order valence-corrected chi connectivity index (χ1v) is 17.2. The number of hydrogen-bond acceptors (Lipinski definition) is 4. The van der Waals surface area contributed by atoms with E-state index in [-0.39, 0.29) is 0 Å². The maximum atomic E-state index is 9.97. The second-order valence-electron chi connectivity index (χ2n) is 12.9. The van der Waals surface area contributed by atoms with Gasteiger partial charge in [0, 0.05) is 39.6 Å². The van der Waals surface area contributed by atoms with E-state index in [1.165, 1.54) is 0 Å². The van der Waals surface area contributed by atoms with Crippen molar-refractivity contribution in [1.29, 1.82) is 10.5 Å². The van der Waals surface area contributed by atoms with Crippen molar-refractivity contribution < 1.29 is 0 Å². The molecular weight excluding hydrogens is 633 g/mol. The fraction of sp³-hybridized carbons (Fsp3) is 0.0833. The SMILES string of the molecule is CN(C)c1ccc(C(=C(c2ccc(/C=C(\C#N)c3ccccc3)cc2)c2ccc(/C=C(\C#N)c3ccccc3)cc2)c2ccc(N(C)C)cc2)cc1. The second-order valence-corrected chi connectivity index (χ2v) is 12.9. The molecule has 4 heteroatoms. The normalized spacial score (nSPS) is 11.3. The van der Waals surface area contributed by atoms with Crippen molar-refractivity contribution in [3.8, 4) is 12.1 Å². The van der Waals surface area contributed by atoms with Gasteiger partial charge in [-0.05, 0) is 92.1 Å². The van der Waals surface area contributed by atoms with Gasteiger partial charge in [0.05, 0.1) is 23.3 Å². The molecule has 0 N–H and O–H groups in total. The van der Waals surface area contributed by atoms with Gasteiger partial charge in [-0.2, -0.15) is 10.5 Å². The van der Waals surface area contributed by atoms with Gasteiger partial charge in [0.25, 0.3) is 0 Å². The number of rotatable bonds is 10. The number of allylic oxidation sites excluding steroid dienone is 2. The van der Waals surface area contributed by atoms with Gasteiger partial charge in [0.1, 0.15) is 0 Å². The molecule has 4 nitrogen and oxygen atoms in total. The van der Waals surface area contributed by atoms with E-state index in [9.17, 15) is 10.5 Å². The maximum Gasteiger partial charge on any atom is 0.0998 e. The molecule has 0 aromatic heterocycles. The van der Waals surface area contributed by atoms with Crippen LogP contribution in [0.25, 0.3) is 34.4 Å². The van der Waals surface area contributed by atoms with Crippen molar-refractivity contribution in [1.82, 2.24) is 0 Å². The molecule has 0 radical (unpaired) electrons. The molecule has 6 aromatic carbocycles. The Balaban J connectivity index is 1.54. The van der Waals surface area contributed by atoms with E-state index in [1.54, 1.807) is 0 Å². The third kappa shape index (κ3) is 8.11. The highest BCUT2D eigenvalue weighted by molar-refractivity contribution is 6.05. The van der Waals surface area contributed by atoms with Crippen LogP contribution in [0.2, 0.25) is 0 Å². The van der Waals surface area contributed by atoms with E-state index in [4.69, 9.17) is 0 Å². The molecule has 52 heavy (non-hydrogen) atoms. The minimum Gasteiger partial charge on any atom is -0.378 e. The smallest absolute Gasteiger partial charge is 0.0998 e. The first kappa shape index (κ1) is 35.0. The summed E-state index contributed by atoms with van der Waals surface area (Å²) in [5.41, 5.74) is 13.6. The Bertz CT molecular complexity index is 2130. The van der Waals surface area contributed by atoms with Gasteiger partial charge in [-0.15, -0.1) is 0 Å². The molecule has 0 spiro atoms. The van der Waals surface area contributed by atoms with Crippen LogP contribution in [0.3, 0.4) is 0 Å². The maximum absolute atomic E-state index is 9.97. The first-order valence-electron chi connectivity index (χ1n) is 17.2. The topological polar surface area (TPSA) is 54.1 Å². The Morgan fingerprint density at radius 1 is 0.385 bits per heavy atom. The minimum absolute atomic E-state index is 0.614. The van der Waals surface area contributed by atoms with Crippen LogP contribution in [0.4, 0.5) is 11.4 Å². The lowest BCUT2D eigenvalue weighted by molar-refractivity contribution is 1.13. The monoisotopic (exact) mass is 672 g/mol. The van der Waals surface area contributed by atoms with Gasteiger partial charge in [0.15, 0.2) is 0 Å². The summed E-state index contributed by atoms with van der Waals surface area (Å²) in [6.45, 7) is 0. The van der Waals surface area contributed by atoms with Gasteiger partial charge >= 0.3 is 0 Å². The van der Waals surface area contributed by atoms with E-state index in [2.05, 4.69) is 119 Å². The fourth-order valence-corrected chi connectivity index (χ4v) is 6.18. The third-order valence-electron chi connectivity index (χ3n) is 9.03. The molecule has 6 aromatic rings. The Hall–Kier alpha value is -6.88. The van der Waals surface area contributed by atoms with E-state index >= 15 is 0 Å². The Labute approximate surface area is 307 Å². The molecular formula is C48H40N4. The lowest BCUT2D eigenvalue weighted by atomic mass is 9.85. The molecule has 0 atom stereocenters. The van der Waals surface area contributed by atoms with Gasteiger partial charge in [0.2, 0.25) is 0 Å².